The Hall–Kier alpha value is -2.31. The number of halogens is 1. The van der Waals surface area contributed by atoms with Crippen LogP contribution in [0.3, 0.4) is 0 Å². The fourth-order valence-electron chi connectivity index (χ4n) is 3.35. The van der Waals surface area contributed by atoms with Crippen LogP contribution in [-0.2, 0) is 4.74 Å². The van der Waals surface area contributed by atoms with Gasteiger partial charge in [0.1, 0.15) is 17.3 Å². The van der Waals surface area contributed by atoms with E-state index in [1.54, 1.807) is 17.0 Å². The van der Waals surface area contributed by atoms with E-state index in [0.717, 1.165) is 19.3 Å². The minimum absolute atomic E-state index is 0.211. The molecule has 6 nitrogen and oxygen atoms in total. The van der Waals surface area contributed by atoms with Gasteiger partial charge in [-0.2, -0.15) is 0 Å². The Labute approximate surface area is 147 Å². The van der Waals surface area contributed by atoms with Crippen LogP contribution in [0.15, 0.2) is 23.2 Å². The maximum atomic E-state index is 13.9. The number of anilines is 1. The number of amides is 1. The highest BCUT2D eigenvalue weighted by Gasteiger charge is 2.39. The van der Waals surface area contributed by atoms with Crippen molar-refractivity contribution in [3.05, 3.63) is 29.6 Å². The monoisotopic (exact) mass is 348 g/mol. The molecule has 136 valence electrons. The molecule has 0 radical (unpaired) electrons. The summed E-state index contributed by atoms with van der Waals surface area (Å²) in [5.41, 5.74) is 6.41. The Morgan fingerprint density at radius 1 is 1.40 bits per heavy atom. The number of aliphatic imine (C=N–C) groups is 1. The van der Waals surface area contributed by atoms with Gasteiger partial charge in [0.25, 0.3) is 0 Å². The van der Waals surface area contributed by atoms with Crippen LogP contribution in [-0.4, -0.2) is 42.2 Å². The van der Waals surface area contributed by atoms with Crippen molar-refractivity contribution in [2.45, 2.75) is 44.7 Å². The lowest BCUT2D eigenvalue weighted by Gasteiger charge is -2.42. The van der Waals surface area contributed by atoms with Crippen molar-refractivity contribution >= 4 is 17.6 Å². The third kappa shape index (κ3) is 3.70. The van der Waals surface area contributed by atoms with Crippen molar-refractivity contribution in [2.75, 3.05) is 25.0 Å². The molecule has 0 saturated carbocycles. The highest BCUT2D eigenvalue weighted by atomic mass is 19.1. The molecule has 3 rings (SSSR count). The van der Waals surface area contributed by atoms with Crippen LogP contribution in [0.5, 0.6) is 0 Å². The SMILES string of the molecule is CCCCCOC(=O)N1CCC2(CC1)N=C(N)c1c(F)cccc1N2. The number of nitrogens with two attached hydrogens (primary N) is 1. The number of likely N-dealkylation sites (tertiary alicyclic amines) is 1. The average molecular weight is 348 g/mol. The number of amidine groups is 1. The lowest BCUT2D eigenvalue weighted by molar-refractivity contribution is 0.0852. The number of carbonyl (C=O) groups is 1. The van der Waals surface area contributed by atoms with E-state index >= 15 is 0 Å². The number of hydrogen-bond acceptors (Lipinski definition) is 5. The second-order valence-electron chi connectivity index (χ2n) is 6.62. The van der Waals surface area contributed by atoms with Crippen molar-refractivity contribution in [3.63, 3.8) is 0 Å². The van der Waals surface area contributed by atoms with Crippen molar-refractivity contribution in [3.8, 4) is 0 Å². The number of carbonyl (C=O) groups excluding carboxylic acids is 1. The maximum absolute atomic E-state index is 13.9. The largest absolute Gasteiger partial charge is 0.449 e. The standard InChI is InChI=1S/C18H25FN4O2/c1-2-3-4-12-25-17(24)23-10-8-18(9-11-23)21-14-7-5-6-13(19)15(14)16(20)22-18/h5-7,21H,2-4,8-12H2,1H3,(H2,20,22). The summed E-state index contributed by atoms with van der Waals surface area (Å²) in [6, 6.07) is 4.82. The molecule has 2 heterocycles. The Morgan fingerprint density at radius 3 is 2.88 bits per heavy atom. The molecule has 7 heteroatoms. The zero-order valence-electron chi connectivity index (χ0n) is 14.6. The third-order valence-electron chi connectivity index (χ3n) is 4.79. The number of nitrogens with zero attached hydrogens (tertiary/aromatic N) is 2. The second-order valence-corrected chi connectivity index (χ2v) is 6.62. The smallest absolute Gasteiger partial charge is 0.409 e. The minimum atomic E-state index is -0.579. The van der Waals surface area contributed by atoms with Gasteiger partial charge >= 0.3 is 6.09 Å². The fourth-order valence-corrected chi connectivity index (χ4v) is 3.35. The number of benzene rings is 1. The van der Waals surface area contributed by atoms with Gasteiger partial charge in [-0.25, -0.2) is 14.2 Å². The van der Waals surface area contributed by atoms with Crippen LogP contribution in [0, 0.1) is 5.82 Å². The summed E-state index contributed by atoms with van der Waals surface area (Å²) in [4.78, 5) is 18.3. The molecule has 1 fully saturated rings. The number of unbranched alkanes of at least 4 members (excludes halogenated alkanes) is 2. The first-order valence-electron chi connectivity index (χ1n) is 8.89. The summed E-state index contributed by atoms with van der Waals surface area (Å²) >= 11 is 0. The van der Waals surface area contributed by atoms with E-state index in [4.69, 9.17) is 10.5 Å². The van der Waals surface area contributed by atoms with Crippen molar-refractivity contribution in [1.82, 2.24) is 4.90 Å². The molecule has 1 aromatic rings. The van der Waals surface area contributed by atoms with Gasteiger partial charge in [-0.3, -0.25) is 0 Å². The summed E-state index contributed by atoms with van der Waals surface area (Å²) in [6.45, 7) is 3.63. The Morgan fingerprint density at radius 2 is 2.16 bits per heavy atom. The number of piperidine rings is 1. The fraction of sp³-hybridized carbons (Fsp3) is 0.556. The summed E-state index contributed by atoms with van der Waals surface area (Å²) in [7, 11) is 0. The predicted octanol–water partition coefficient (Wildman–Crippen LogP) is 3.08. The number of hydrogen-bond donors (Lipinski definition) is 2. The Bertz CT molecular complexity index is 669. The predicted molar refractivity (Wildman–Crippen MR) is 95.2 cm³/mol. The number of fused-ring (bicyclic) bond motifs is 1. The molecule has 2 aliphatic heterocycles. The topological polar surface area (TPSA) is 80.0 Å². The second kappa shape index (κ2) is 7.29. The zero-order chi connectivity index (χ0) is 17.9. The van der Waals surface area contributed by atoms with E-state index in [-0.39, 0.29) is 17.7 Å². The van der Waals surface area contributed by atoms with Gasteiger partial charge in [0.2, 0.25) is 0 Å². The van der Waals surface area contributed by atoms with Gasteiger partial charge in [-0.05, 0) is 18.6 Å². The summed E-state index contributed by atoms with van der Waals surface area (Å²) in [5.74, 6) is -0.170. The molecular weight excluding hydrogens is 323 g/mol. The summed E-state index contributed by atoms with van der Waals surface area (Å²) in [5, 5.41) is 3.32. The highest BCUT2D eigenvalue weighted by molar-refractivity contribution is 6.04. The normalized spacial score (nSPS) is 18.3. The first kappa shape index (κ1) is 17.5. The van der Waals surface area contributed by atoms with E-state index in [9.17, 15) is 9.18 Å². The van der Waals surface area contributed by atoms with Crippen LogP contribution < -0.4 is 11.1 Å². The van der Waals surface area contributed by atoms with Crippen LogP contribution in [0.2, 0.25) is 0 Å². The van der Waals surface area contributed by atoms with Gasteiger partial charge in [0, 0.05) is 31.6 Å². The molecule has 1 saturated heterocycles. The molecule has 2 aliphatic rings. The summed E-state index contributed by atoms with van der Waals surface area (Å²) in [6.07, 6.45) is 3.98. The number of ether oxygens (including phenoxy) is 1. The van der Waals surface area contributed by atoms with Gasteiger partial charge in [-0.1, -0.05) is 25.8 Å². The van der Waals surface area contributed by atoms with Crippen LogP contribution in [0.25, 0.3) is 0 Å². The van der Waals surface area contributed by atoms with Crippen molar-refractivity contribution in [1.29, 1.82) is 0 Å². The lowest BCUT2D eigenvalue weighted by atomic mass is 9.94. The molecule has 3 N–H and O–H groups in total. The molecule has 0 aromatic heterocycles. The van der Waals surface area contributed by atoms with Gasteiger partial charge in [0.15, 0.2) is 0 Å². The number of rotatable bonds is 4. The van der Waals surface area contributed by atoms with Crippen LogP contribution in [0.4, 0.5) is 14.9 Å². The molecular formula is C18H25FN4O2. The highest BCUT2D eigenvalue weighted by Crippen LogP contribution is 2.35. The van der Waals surface area contributed by atoms with E-state index in [1.807, 2.05) is 0 Å². The Kier molecular flexibility index (Phi) is 5.11. The van der Waals surface area contributed by atoms with E-state index < -0.39 is 5.66 Å². The molecule has 0 bridgehead atoms. The van der Waals surface area contributed by atoms with Crippen molar-refractivity contribution < 1.29 is 13.9 Å². The van der Waals surface area contributed by atoms with E-state index in [0.29, 0.717) is 43.8 Å². The van der Waals surface area contributed by atoms with Crippen LogP contribution >= 0.6 is 0 Å². The molecule has 25 heavy (non-hydrogen) atoms. The van der Waals surface area contributed by atoms with Gasteiger partial charge < -0.3 is 20.7 Å². The summed E-state index contributed by atoms with van der Waals surface area (Å²) < 4.78 is 19.3. The molecule has 1 amide bonds. The zero-order valence-corrected chi connectivity index (χ0v) is 14.6. The quantitative estimate of drug-likeness (QED) is 0.820. The number of nitrogens with one attached hydrogen (secondary N) is 1. The van der Waals surface area contributed by atoms with Gasteiger partial charge in [-0.15, -0.1) is 0 Å². The Balaban J connectivity index is 1.61. The minimum Gasteiger partial charge on any atom is -0.449 e. The lowest BCUT2D eigenvalue weighted by Crippen LogP contribution is -2.52. The first-order chi connectivity index (χ1) is 12.0. The molecule has 0 unspecified atom stereocenters. The van der Waals surface area contributed by atoms with E-state index in [2.05, 4.69) is 17.2 Å². The van der Waals surface area contributed by atoms with Crippen molar-refractivity contribution in [2.24, 2.45) is 10.7 Å². The van der Waals surface area contributed by atoms with E-state index in [1.165, 1.54) is 6.07 Å². The molecule has 1 aromatic carbocycles. The maximum Gasteiger partial charge on any atom is 0.409 e. The molecule has 0 atom stereocenters. The molecule has 1 spiro atoms. The van der Waals surface area contributed by atoms with Gasteiger partial charge in [0.05, 0.1) is 12.2 Å². The third-order valence-corrected chi connectivity index (χ3v) is 4.79. The van der Waals surface area contributed by atoms with Crippen LogP contribution in [0.1, 0.15) is 44.6 Å². The average Bonchev–Trinajstić information content (AvgIpc) is 2.59. The molecule has 0 aliphatic carbocycles. The first-order valence-corrected chi connectivity index (χ1v) is 8.89.